The second-order valence-electron chi connectivity index (χ2n) is 8.33. The number of imide groups is 1. The molecule has 4 rings (SSSR count). The van der Waals surface area contributed by atoms with Crippen LogP contribution in [-0.4, -0.2) is 33.7 Å². The van der Waals surface area contributed by atoms with Crippen LogP contribution in [0.5, 0.6) is 0 Å². The fraction of sp³-hybridized carbons (Fsp3) is 0.320. The minimum absolute atomic E-state index is 0.235. The van der Waals surface area contributed by atoms with Gasteiger partial charge in [0.25, 0.3) is 5.91 Å². The Bertz CT molecular complexity index is 1200. The average Bonchev–Trinajstić information content (AvgIpc) is 3.16. The Kier molecular flexibility index (Phi) is 5.17. The molecule has 160 valence electrons. The Balaban J connectivity index is 1.65. The highest BCUT2D eigenvalue weighted by atomic mass is 16.2. The highest BCUT2D eigenvalue weighted by Crippen LogP contribution is 2.34. The van der Waals surface area contributed by atoms with E-state index in [0.717, 1.165) is 45.6 Å². The largest absolute Gasteiger partial charge is 0.348 e. The average molecular weight is 418 g/mol. The molecular weight excluding hydrogens is 390 g/mol. The van der Waals surface area contributed by atoms with Gasteiger partial charge in [-0.25, -0.2) is 4.79 Å². The number of nitrogens with zero attached hydrogens (tertiary/aromatic N) is 2. The third-order valence-electron chi connectivity index (χ3n) is 6.23. The van der Waals surface area contributed by atoms with Crippen molar-refractivity contribution in [3.8, 4) is 0 Å². The lowest BCUT2D eigenvalue weighted by atomic mass is 9.88. The van der Waals surface area contributed by atoms with E-state index >= 15 is 0 Å². The smallest absolute Gasteiger partial charge is 0.325 e. The van der Waals surface area contributed by atoms with Gasteiger partial charge in [0.2, 0.25) is 0 Å². The Morgan fingerprint density at radius 1 is 1.06 bits per heavy atom. The van der Waals surface area contributed by atoms with Crippen LogP contribution in [0.1, 0.15) is 47.6 Å². The summed E-state index contributed by atoms with van der Waals surface area (Å²) in [5.74, 6) is -0.648. The van der Waals surface area contributed by atoms with Gasteiger partial charge in [0.15, 0.2) is 5.78 Å². The molecule has 0 aliphatic carbocycles. The maximum Gasteiger partial charge on any atom is 0.325 e. The molecule has 1 aliphatic rings. The summed E-state index contributed by atoms with van der Waals surface area (Å²) in [6.07, 6.45) is 0.959. The van der Waals surface area contributed by atoms with Crippen LogP contribution in [0.2, 0.25) is 0 Å². The van der Waals surface area contributed by atoms with Gasteiger partial charge in [-0.3, -0.25) is 14.5 Å². The zero-order valence-corrected chi connectivity index (χ0v) is 18.4. The van der Waals surface area contributed by atoms with E-state index in [-0.39, 0.29) is 12.3 Å². The third-order valence-corrected chi connectivity index (χ3v) is 6.23. The van der Waals surface area contributed by atoms with Gasteiger partial charge < -0.3 is 9.88 Å². The van der Waals surface area contributed by atoms with Crippen LogP contribution in [0, 0.1) is 13.8 Å². The zero-order chi connectivity index (χ0) is 22.3. The van der Waals surface area contributed by atoms with E-state index in [2.05, 4.69) is 16.8 Å². The summed E-state index contributed by atoms with van der Waals surface area (Å²) in [6.45, 7) is 8.20. The Labute approximate surface area is 181 Å². The van der Waals surface area contributed by atoms with Gasteiger partial charge in [-0.2, -0.15) is 0 Å². The van der Waals surface area contributed by atoms with Crippen molar-refractivity contribution in [3.05, 3.63) is 71.0 Å². The van der Waals surface area contributed by atoms with Crippen LogP contribution >= 0.6 is 0 Å². The molecule has 1 aliphatic heterocycles. The normalized spacial score (nSPS) is 18.6. The van der Waals surface area contributed by atoms with Gasteiger partial charge >= 0.3 is 6.03 Å². The summed E-state index contributed by atoms with van der Waals surface area (Å²) in [5, 5.41) is 4.71. The van der Waals surface area contributed by atoms with E-state index in [4.69, 9.17) is 0 Å². The molecule has 0 unspecified atom stereocenters. The number of amides is 3. The lowest BCUT2D eigenvalue weighted by Gasteiger charge is -2.24. The van der Waals surface area contributed by atoms with Crippen molar-refractivity contribution in [1.82, 2.24) is 14.8 Å². The number of carbonyl (C=O) groups is 3. The number of ketones is 1. The zero-order valence-electron chi connectivity index (χ0n) is 18.4. The minimum atomic E-state index is -1.22. The standard InChI is InChI=1S/C25H27N3O3/c1-5-13-27-16(2)14-20(17(27)3)22(29)15-28-23(30)25(4,26-24(28)31)21-12-8-10-18-9-6-7-11-19(18)21/h6-12,14H,5,13,15H2,1-4H3,(H,26,31)/t25-/m0/s1. The van der Waals surface area contributed by atoms with Crippen LogP contribution in [0.4, 0.5) is 4.79 Å². The molecule has 3 aromatic rings. The molecule has 1 N–H and O–H groups in total. The minimum Gasteiger partial charge on any atom is -0.348 e. The van der Waals surface area contributed by atoms with Crippen molar-refractivity contribution in [3.63, 3.8) is 0 Å². The number of rotatable bonds is 6. The summed E-state index contributed by atoms with van der Waals surface area (Å²) in [7, 11) is 0. The fourth-order valence-corrected chi connectivity index (χ4v) is 4.56. The Morgan fingerprint density at radius 2 is 1.77 bits per heavy atom. The number of fused-ring (bicyclic) bond motifs is 1. The molecule has 0 bridgehead atoms. The monoisotopic (exact) mass is 417 g/mol. The maximum atomic E-state index is 13.4. The van der Waals surface area contributed by atoms with E-state index in [9.17, 15) is 14.4 Å². The molecule has 3 amide bonds. The van der Waals surface area contributed by atoms with Gasteiger partial charge in [0.05, 0.1) is 6.54 Å². The first-order valence-corrected chi connectivity index (χ1v) is 10.6. The molecule has 1 saturated heterocycles. The van der Waals surface area contributed by atoms with Crippen molar-refractivity contribution in [1.29, 1.82) is 0 Å². The first kappa shape index (κ1) is 20.8. The molecule has 6 nitrogen and oxygen atoms in total. The number of carbonyl (C=O) groups excluding carboxylic acids is 3. The molecule has 1 aromatic heterocycles. The van der Waals surface area contributed by atoms with Crippen molar-refractivity contribution >= 4 is 28.5 Å². The van der Waals surface area contributed by atoms with Crippen LogP contribution < -0.4 is 5.32 Å². The van der Waals surface area contributed by atoms with Gasteiger partial charge in [0, 0.05) is 23.5 Å². The number of benzene rings is 2. The molecule has 1 fully saturated rings. The van der Waals surface area contributed by atoms with E-state index in [1.54, 1.807) is 6.92 Å². The lowest BCUT2D eigenvalue weighted by molar-refractivity contribution is -0.130. The third kappa shape index (κ3) is 3.32. The number of urea groups is 1. The number of Topliss-reactive ketones (excluding diaryl/α,β-unsaturated/α-hetero) is 1. The molecular formula is C25H27N3O3. The molecule has 0 spiro atoms. The first-order chi connectivity index (χ1) is 14.8. The SMILES string of the molecule is CCCn1c(C)cc(C(=O)CN2C(=O)N[C@@](C)(c3cccc4ccccc34)C2=O)c1C. The lowest BCUT2D eigenvalue weighted by Crippen LogP contribution is -2.41. The molecule has 2 heterocycles. The topological polar surface area (TPSA) is 71.4 Å². The summed E-state index contributed by atoms with van der Waals surface area (Å²) < 4.78 is 2.10. The number of hydrogen-bond acceptors (Lipinski definition) is 3. The Hall–Kier alpha value is -3.41. The van der Waals surface area contributed by atoms with E-state index in [1.165, 1.54) is 0 Å². The summed E-state index contributed by atoms with van der Waals surface area (Å²) in [4.78, 5) is 40.3. The molecule has 1 atom stereocenters. The van der Waals surface area contributed by atoms with Crippen molar-refractivity contribution < 1.29 is 14.4 Å². The van der Waals surface area contributed by atoms with Gasteiger partial charge in [-0.1, -0.05) is 49.4 Å². The highest BCUT2D eigenvalue weighted by Gasteiger charge is 2.50. The summed E-state index contributed by atoms with van der Waals surface area (Å²) >= 11 is 0. The maximum absolute atomic E-state index is 13.4. The second-order valence-corrected chi connectivity index (χ2v) is 8.33. The molecule has 6 heteroatoms. The van der Waals surface area contributed by atoms with Crippen molar-refractivity contribution in [2.45, 2.75) is 46.2 Å². The predicted octanol–water partition coefficient (Wildman–Crippen LogP) is 4.32. The predicted molar refractivity (Wildman–Crippen MR) is 120 cm³/mol. The van der Waals surface area contributed by atoms with E-state index in [0.29, 0.717) is 5.56 Å². The molecule has 2 aromatic carbocycles. The van der Waals surface area contributed by atoms with Crippen LogP contribution in [0.15, 0.2) is 48.5 Å². The van der Waals surface area contributed by atoms with Gasteiger partial charge in [-0.05, 0) is 49.6 Å². The second kappa shape index (κ2) is 7.69. The number of aromatic nitrogens is 1. The van der Waals surface area contributed by atoms with Gasteiger partial charge in [-0.15, -0.1) is 0 Å². The van der Waals surface area contributed by atoms with Crippen molar-refractivity contribution in [2.24, 2.45) is 0 Å². The quantitative estimate of drug-likeness (QED) is 0.480. The number of nitrogens with one attached hydrogen (secondary N) is 1. The van der Waals surface area contributed by atoms with Crippen molar-refractivity contribution in [2.75, 3.05) is 6.54 Å². The first-order valence-electron chi connectivity index (χ1n) is 10.6. The molecule has 0 saturated carbocycles. The molecule has 0 radical (unpaired) electrons. The van der Waals surface area contributed by atoms with Crippen LogP contribution in [-0.2, 0) is 16.9 Å². The Morgan fingerprint density at radius 3 is 2.52 bits per heavy atom. The van der Waals surface area contributed by atoms with Gasteiger partial charge in [0.1, 0.15) is 5.54 Å². The highest BCUT2D eigenvalue weighted by molar-refractivity contribution is 6.12. The molecule has 31 heavy (non-hydrogen) atoms. The van der Waals surface area contributed by atoms with Crippen LogP contribution in [0.3, 0.4) is 0 Å². The summed E-state index contributed by atoms with van der Waals surface area (Å²) in [6, 6.07) is 14.7. The number of aryl methyl sites for hydroxylation is 1. The number of hydrogen-bond donors (Lipinski definition) is 1. The summed E-state index contributed by atoms with van der Waals surface area (Å²) in [5.41, 5.74) is 1.93. The van der Waals surface area contributed by atoms with Crippen LogP contribution in [0.25, 0.3) is 10.8 Å². The fourth-order valence-electron chi connectivity index (χ4n) is 4.56. The van der Waals surface area contributed by atoms with E-state index < -0.39 is 17.5 Å². The van der Waals surface area contributed by atoms with E-state index in [1.807, 2.05) is 62.4 Å².